The molecule has 0 atom stereocenters. The number of nitrogens with zero attached hydrogens (tertiary/aromatic N) is 2. The third-order valence-corrected chi connectivity index (χ3v) is 2.86. The van der Waals surface area contributed by atoms with Gasteiger partial charge in [0, 0.05) is 25.7 Å². The molecular formula is C13H15FN2O. The molecule has 0 fully saturated rings. The summed E-state index contributed by atoms with van der Waals surface area (Å²) in [5.74, 6) is -0.252. The number of hydrogen-bond acceptors (Lipinski definition) is 1. The Kier molecular flexibility index (Phi) is 2.88. The molecule has 2 aromatic rings. The summed E-state index contributed by atoms with van der Waals surface area (Å²) in [5.41, 5.74) is 1.37. The van der Waals surface area contributed by atoms with Gasteiger partial charge in [0.05, 0.1) is 5.52 Å². The third-order valence-electron chi connectivity index (χ3n) is 2.86. The van der Waals surface area contributed by atoms with Crippen molar-refractivity contribution >= 4 is 16.8 Å². The van der Waals surface area contributed by atoms with E-state index in [-0.39, 0.29) is 18.3 Å². The average molecular weight is 234 g/mol. The summed E-state index contributed by atoms with van der Waals surface area (Å²) in [6, 6.07) is 5.17. The van der Waals surface area contributed by atoms with E-state index in [9.17, 15) is 9.18 Å². The number of fused-ring (bicyclic) bond motifs is 1. The second-order valence-electron chi connectivity index (χ2n) is 4.39. The van der Waals surface area contributed by atoms with E-state index in [0.29, 0.717) is 5.56 Å². The van der Waals surface area contributed by atoms with Gasteiger partial charge in [-0.3, -0.25) is 4.79 Å². The van der Waals surface area contributed by atoms with E-state index >= 15 is 0 Å². The fraction of sp³-hybridized carbons (Fsp3) is 0.308. The quantitative estimate of drug-likeness (QED) is 0.781. The first-order chi connectivity index (χ1) is 7.99. The van der Waals surface area contributed by atoms with Crippen molar-refractivity contribution in [3.05, 3.63) is 35.8 Å². The highest BCUT2D eigenvalue weighted by Crippen LogP contribution is 2.20. The van der Waals surface area contributed by atoms with Crippen LogP contribution in [0, 0.1) is 12.7 Å². The first kappa shape index (κ1) is 11.6. The van der Waals surface area contributed by atoms with Gasteiger partial charge >= 0.3 is 0 Å². The number of aromatic nitrogens is 1. The Bertz CT molecular complexity index is 572. The summed E-state index contributed by atoms with van der Waals surface area (Å²) in [4.78, 5) is 13.1. The van der Waals surface area contributed by atoms with Gasteiger partial charge in [-0.1, -0.05) is 0 Å². The lowest BCUT2D eigenvalue weighted by molar-refractivity contribution is -0.129. The van der Waals surface area contributed by atoms with Crippen molar-refractivity contribution in [2.75, 3.05) is 14.1 Å². The minimum Gasteiger partial charge on any atom is -0.347 e. The van der Waals surface area contributed by atoms with Crippen molar-refractivity contribution in [1.82, 2.24) is 9.47 Å². The molecule has 1 aromatic heterocycles. The van der Waals surface area contributed by atoms with Crippen molar-refractivity contribution in [3.8, 4) is 0 Å². The number of carbonyl (C=O) groups excluding carboxylic acids is 1. The molecule has 0 aliphatic rings. The first-order valence-corrected chi connectivity index (χ1v) is 5.44. The summed E-state index contributed by atoms with van der Waals surface area (Å²) in [6.07, 6.45) is 1.81. The highest BCUT2D eigenvalue weighted by molar-refractivity contribution is 5.83. The van der Waals surface area contributed by atoms with Crippen LogP contribution in [0.1, 0.15) is 5.56 Å². The monoisotopic (exact) mass is 234 g/mol. The van der Waals surface area contributed by atoms with Crippen molar-refractivity contribution in [1.29, 1.82) is 0 Å². The van der Waals surface area contributed by atoms with E-state index in [4.69, 9.17) is 0 Å². The van der Waals surface area contributed by atoms with Crippen molar-refractivity contribution in [3.63, 3.8) is 0 Å². The lowest BCUT2D eigenvalue weighted by atomic mass is 10.2. The zero-order chi connectivity index (χ0) is 12.6. The molecule has 1 amide bonds. The Hall–Kier alpha value is -1.84. The van der Waals surface area contributed by atoms with E-state index in [1.54, 1.807) is 31.7 Å². The Morgan fingerprint density at radius 1 is 1.41 bits per heavy atom. The van der Waals surface area contributed by atoms with Gasteiger partial charge in [-0.25, -0.2) is 4.39 Å². The standard InChI is InChI=1S/C13H15FN2O/c1-9-6-10-4-5-16(8-13(17)15(2)3)12(10)7-11(9)14/h4-7H,8H2,1-3H3. The fourth-order valence-electron chi connectivity index (χ4n) is 1.75. The van der Waals surface area contributed by atoms with Crippen molar-refractivity contribution in [2.45, 2.75) is 13.5 Å². The second-order valence-corrected chi connectivity index (χ2v) is 4.39. The van der Waals surface area contributed by atoms with Gasteiger partial charge in [0.1, 0.15) is 12.4 Å². The molecule has 0 bridgehead atoms. The van der Waals surface area contributed by atoms with E-state index in [1.807, 2.05) is 12.3 Å². The van der Waals surface area contributed by atoms with Gasteiger partial charge in [-0.2, -0.15) is 0 Å². The fourth-order valence-corrected chi connectivity index (χ4v) is 1.75. The summed E-state index contributed by atoms with van der Waals surface area (Å²) >= 11 is 0. The van der Waals surface area contributed by atoms with Gasteiger partial charge in [0.2, 0.25) is 5.91 Å². The molecule has 0 saturated heterocycles. The van der Waals surface area contributed by atoms with Crippen LogP contribution in [-0.2, 0) is 11.3 Å². The smallest absolute Gasteiger partial charge is 0.241 e. The number of rotatable bonds is 2. The van der Waals surface area contributed by atoms with Crippen LogP contribution in [0.5, 0.6) is 0 Å². The van der Waals surface area contributed by atoms with E-state index in [0.717, 1.165) is 10.9 Å². The summed E-state index contributed by atoms with van der Waals surface area (Å²) in [6.45, 7) is 1.97. The molecule has 1 aromatic carbocycles. The maximum Gasteiger partial charge on any atom is 0.241 e. The molecular weight excluding hydrogens is 219 g/mol. The number of likely N-dealkylation sites (N-methyl/N-ethyl adjacent to an activating group) is 1. The van der Waals surface area contributed by atoms with Crippen LogP contribution < -0.4 is 0 Å². The molecule has 17 heavy (non-hydrogen) atoms. The predicted molar refractivity (Wildman–Crippen MR) is 65.3 cm³/mol. The lowest BCUT2D eigenvalue weighted by Crippen LogP contribution is -2.25. The lowest BCUT2D eigenvalue weighted by Gasteiger charge is -2.11. The third kappa shape index (κ3) is 2.16. The molecule has 0 aliphatic carbocycles. The van der Waals surface area contributed by atoms with Gasteiger partial charge in [0.15, 0.2) is 0 Å². The van der Waals surface area contributed by atoms with E-state index in [2.05, 4.69) is 0 Å². The molecule has 90 valence electrons. The maximum absolute atomic E-state index is 13.5. The van der Waals surface area contributed by atoms with E-state index < -0.39 is 0 Å². The number of amides is 1. The number of benzene rings is 1. The molecule has 0 N–H and O–H groups in total. The number of carbonyl (C=O) groups is 1. The molecule has 0 aliphatic heterocycles. The molecule has 0 unspecified atom stereocenters. The van der Waals surface area contributed by atoms with Gasteiger partial charge in [0.25, 0.3) is 0 Å². The Morgan fingerprint density at radius 3 is 2.76 bits per heavy atom. The zero-order valence-electron chi connectivity index (χ0n) is 10.2. The molecule has 3 nitrogen and oxygen atoms in total. The number of halogens is 1. The van der Waals surface area contributed by atoms with Crippen LogP contribution in [0.25, 0.3) is 10.9 Å². The second kappa shape index (κ2) is 4.20. The van der Waals surface area contributed by atoms with Crippen LogP contribution >= 0.6 is 0 Å². The largest absolute Gasteiger partial charge is 0.347 e. The maximum atomic E-state index is 13.5. The molecule has 2 rings (SSSR count). The molecule has 0 saturated carbocycles. The summed E-state index contributed by atoms with van der Waals surface area (Å²) < 4.78 is 15.3. The first-order valence-electron chi connectivity index (χ1n) is 5.44. The normalized spacial score (nSPS) is 10.8. The Labute approximate surface area is 99.4 Å². The zero-order valence-corrected chi connectivity index (χ0v) is 10.2. The topological polar surface area (TPSA) is 25.2 Å². The summed E-state index contributed by atoms with van der Waals surface area (Å²) in [7, 11) is 3.41. The SMILES string of the molecule is Cc1cc2ccn(CC(=O)N(C)C)c2cc1F. The minimum atomic E-state index is -0.241. The number of hydrogen-bond donors (Lipinski definition) is 0. The highest BCUT2D eigenvalue weighted by atomic mass is 19.1. The van der Waals surface area contributed by atoms with Crippen LogP contribution in [0.15, 0.2) is 24.4 Å². The molecule has 4 heteroatoms. The van der Waals surface area contributed by atoms with Gasteiger partial charge in [-0.15, -0.1) is 0 Å². The van der Waals surface area contributed by atoms with Crippen LogP contribution in [-0.4, -0.2) is 29.5 Å². The Balaban J connectivity index is 2.42. The minimum absolute atomic E-state index is 0.0107. The van der Waals surface area contributed by atoms with Crippen LogP contribution in [0.2, 0.25) is 0 Å². The predicted octanol–water partition coefficient (Wildman–Crippen LogP) is 2.18. The molecule has 0 radical (unpaired) electrons. The average Bonchev–Trinajstić information content (AvgIpc) is 2.62. The molecule has 0 spiro atoms. The molecule has 1 heterocycles. The number of aryl methyl sites for hydroxylation is 1. The van der Waals surface area contributed by atoms with Crippen LogP contribution in [0.3, 0.4) is 0 Å². The van der Waals surface area contributed by atoms with Gasteiger partial charge < -0.3 is 9.47 Å². The Morgan fingerprint density at radius 2 is 2.12 bits per heavy atom. The van der Waals surface area contributed by atoms with Crippen molar-refractivity contribution < 1.29 is 9.18 Å². The van der Waals surface area contributed by atoms with E-state index in [1.165, 1.54) is 11.0 Å². The van der Waals surface area contributed by atoms with Crippen LogP contribution in [0.4, 0.5) is 4.39 Å². The highest BCUT2D eigenvalue weighted by Gasteiger charge is 2.09. The van der Waals surface area contributed by atoms with Gasteiger partial charge in [-0.05, 0) is 30.7 Å². The van der Waals surface area contributed by atoms with Crippen molar-refractivity contribution in [2.24, 2.45) is 0 Å². The summed E-state index contributed by atoms with van der Waals surface area (Å²) in [5, 5.41) is 0.954.